The number of hydrogen-bond donors (Lipinski definition) is 2. The normalized spacial score (nSPS) is 8.88. The Balaban J connectivity index is 0.000000165. The van der Waals surface area contributed by atoms with Crippen molar-refractivity contribution in [1.29, 1.82) is 0 Å². The predicted molar refractivity (Wildman–Crippen MR) is 70.8 cm³/mol. The molecule has 16 heavy (non-hydrogen) atoms. The number of para-hydroxylation sites is 1. The number of anilines is 1. The second-order valence-electron chi connectivity index (χ2n) is 3.01. The molecule has 0 aromatic heterocycles. The fourth-order valence-electron chi connectivity index (χ4n) is 1.05. The zero-order chi connectivity index (χ0) is 11.6. The summed E-state index contributed by atoms with van der Waals surface area (Å²) in [6, 6.07) is 19.5. The molecule has 0 heterocycles. The summed E-state index contributed by atoms with van der Waals surface area (Å²) in [5, 5.41) is 0. The van der Waals surface area contributed by atoms with E-state index in [-0.39, 0.29) is 0 Å². The van der Waals surface area contributed by atoms with E-state index < -0.39 is 0 Å². The SMILES string of the molecule is CONc1ccccc1.Sc1ccccc1. The Morgan fingerprint density at radius 2 is 1.38 bits per heavy atom. The molecule has 0 bridgehead atoms. The highest BCUT2D eigenvalue weighted by molar-refractivity contribution is 7.80. The second kappa shape index (κ2) is 7.79. The van der Waals surface area contributed by atoms with Gasteiger partial charge in [0.1, 0.15) is 0 Å². The van der Waals surface area contributed by atoms with Gasteiger partial charge in [-0.1, -0.05) is 36.4 Å². The van der Waals surface area contributed by atoms with Gasteiger partial charge in [0.25, 0.3) is 0 Å². The van der Waals surface area contributed by atoms with Crippen LogP contribution in [0.4, 0.5) is 5.69 Å². The van der Waals surface area contributed by atoms with Gasteiger partial charge in [-0.05, 0) is 24.3 Å². The van der Waals surface area contributed by atoms with Crippen LogP contribution in [0.1, 0.15) is 0 Å². The minimum absolute atomic E-state index is 0.972. The molecule has 0 saturated heterocycles. The van der Waals surface area contributed by atoms with Crippen molar-refractivity contribution in [2.45, 2.75) is 4.90 Å². The third-order valence-corrected chi connectivity index (χ3v) is 2.05. The summed E-state index contributed by atoms with van der Waals surface area (Å²) in [4.78, 5) is 5.69. The number of benzene rings is 2. The average Bonchev–Trinajstić information content (AvgIpc) is 2.33. The topological polar surface area (TPSA) is 21.3 Å². The van der Waals surface area contributed by atoms with Gasteiger partial charge < -0.3 is 0 Å². The number of hydrogen-bond acceptors (Lipinski definition) is 3. The Hall–Kier alpha value is -1.45. The van der Waals surface area contributed by atoms with Crippen molar-refractivity contribution < 1.29 is 4.84 Å². The Labute approximate surface area is 102 Å². The van der Waals surface area contributed by atoms with Gasteiger partial charge in [-0.15, -0.1) is 12.6 Å². The summed E-state index contributed by atoms with van der Waals surface area (Å²) < 4.78 is 0. The highest BCUT2D eigenvalue weighted by Gasteiger charge is 1.82. The smallest absolute Gasteiger partial charge is 0.0636 e. The quantitative estimate of drug-likeness (QED) is 0.610. The predicted octanol–water partition coefficient (Wildman–Crippen LogP) is 3.64. The molecule has 0 aliphatic heterocycles. The molecule has 0 unspecified atom stereocenters. The molecule has 2 aromatic carbocycles. The first-order valence-corrected chi connectivity index (χ1v) is 5.35. The lowest BCUT2D eigenvalue weighted by Gasteiger charge is -1.99. The third kappa shape index (κ3) is 5.44. The molecule has 0 radical (unpaired) electrons. The maximum Gasteiger partial charge on any atom is 0.0636 e. The van der Waals surface area contributed by atoms with E-state index in [9.17, 15) is 0 Å². The Morgan fingerprint density at radius 1 is 0.875 bits per heavy atom. The molecular formula is C13H15NOS. The summed E-state index contributed by atoms with van der Waals surface area (Å²) in [6.07, 6.45) is 0. The Bertz CT molecular complexity index is 378. The molecule has 2 rings (SSSR count). The first-order valence-electron chi connectivity index (χ1n) is 4.91. The van der Waals surface area contributed by atoms with Crippen molar-refractivity contribution in [3.05, 3.63) is 60.7 Å². The molecule has 0 saturated carbocycles. The van der Waals surface area contributed by atoms with Crippen LogP contribution in [-0.2, 0) is 4.84 Å². The van der Waals surface area contributed by atoms with Gasteiger partial charge in [-0.3, -0.25) is 10.3 Å². The van der Waals surface area contributed by atoms with E-state index in [1.165, 1.54) is 0 Å². The summed E-state index contributed by atoms with van der Waals surface area (Å²) in [5.74, 6) is 0. The van der Waals surface area contributed by atoms with E-state index in [1.807, 2.05) is 60.7 Å². The first kappa shape index (κ1) is 12.6. The zero-order valence-electron chi connectivity index (χ0n) is 9.13. The van der Waals surface area contributed by atoms with E-state index in [2.05, 4.69) is 22.9 Å². The van der Waals surface area contributed by atoms with Crippen LogP contribution in [0.3, 0.4) is 0 Å². The molecule has 1 N–H and O–H groups in total. The van der Waals surface area contributed by atoms with E-state index in [0.29, 0.717) is 0 Å². The minimum Gasteiger partial charge on any atom is -0.279 e. The van der Waals surface area contributed by atoms with E-state index in [4.69, 9.17) is 0 Å². The zero-order valence-corrected chi connectivity index (χ0v) is 10.0. The van der Waals surface area contributed by atoms with Gasteiger partial charge in [0.15, 0.2) is 0 Å². The van der Waals surface area contributed by atoms with Gasteiger partial charge in [0, 0.05) is 4.90 Å². The van der Waals surface area contributed by atoms with Crippen molar-refractivity contribution in [1.82, 2.24) is 0 Å². The summed E-state index contributed by atoms with van der Waals surface area (Å²) in [6.45, 7) is 0. The van der Waals surface area contributed by atoms with Crippen LogP contribution in [-0.4, -0.2) is 7.11 Å². The molecule has 84 valence electrons. The van der Waals surface area contributed by atoms with Crippen molar-refractivity contribution in [2.24, 2.45) is 0 Å². The van der Waals surface area contributed by atoms with Crippen molar-refractivity contribution in [3.8, 4) is 0 Å². The molecule has 0 aliphatic rings. The third-order valence-electron chi connectivity index (χ3n) is 1.75. The molecule has 0 spiro atoms. The monoisotopic (exact) mass is 233 g/mol. The lowest BCUT2D eigenvalue weighted by molar-refractivity contribution is 0.271. The maximum atomic E-state index is 4.68. The molecule has 2 aromatic rings. The van der Waals surface area contributed by atoms with Crippen molar-refractivity contribution in [2.75, 3.05) is 12.6 Å². The maximum absolute atomic E-state index is 4.68. The Morgan fingerprint density at radius 3 is 1.75 bits per heavy atom. The standard InChI is InChI=1S/C7H9NO.C6H6S/c1-9-8-7-5-3-2-4-6-7;7-6-4-2-1-3-5-6/h2-6,8H,1H3;1-5,7H. The van der Waals surface area contributed by atoms with Crippen LogP contribution in [0.5, 0.6) is 0 Å². The molecular weight excluding hydrogens is 218 g/mol. The van der Waals surface area contributed by atoms with Gasteiger partial charge in [-0.2, -0.15) is 0 Å². The van der Waals surface area contributed by atoms with E-state index >= 15 is 0 Å². The van der Waals surface area contributed by atoms with Crippen molar-refractivity contribution >= 4 is 18.3 Å². The van der Waals surface area contributed by atoms with Crippen LogP contribution in [0.2, 0.25) is 0 Å². The number of rotatable bonds is 2. The molecule has 2 nitrogen and oxygen atoms in total. The molecule has 0 fully saturated rings. The van der Waals surface area contributed by atoms with E-state index in [0.717, 1.165) is 10.6 Å². The number of nitrogens with one attached hydrogen (secondary N) is 1. The van der Waals surface area contributed by atoms with Crippen molar-refractivity contribution in [3.63, 3.8) is 0 Å². The minimum atomic E-state index is 0.972. The highest BCUT2D eigenvalue weighted by Crippen LogP contribution is 2.03. The summed E-state index contributed by atoms with van der Waals surface area (Å²) in [5.41, 5.74) is 3.68. The number of thiol groups is 1. The molecule has 3 heteroatoms. The highest BCUT2D eigenvalue weighted by atomic mass is 32.1. The fourth-order valence-corrected chi connectivity index (χ4v) is 1.22. The van der Waals surface area contributed by atoms with Crippen LogP contribution in [0.15, 0.2) is 65.6 Å². The van der Waals surface area contributed by atoms with Crippen LogP contribution >= 0.6 is 12.6 Å². The van der Waals surface area contributed by atoms with Crippen LogP contribution < -0.4 is 5.48 Å². The first-order chi connectivity index (χ1) is 7.83. The van der Waals surface area contributed by atoms with Gasteiger partial charge in [0.2, 0.25) is 0 Å². The van der Waals surface area contributed by atoms with Gasteiger partial charge in [0.05, 0.1) is 12.8 Å². The fraction of sp³-hybridized carbons (Fsp3) is 0.0769. The largest absolute Gasteiger partial charge is 0.279 e. The second-order valence-corrected chi connectivity index (χ2v) is 3.52. The van der Waals surface area contributed by atoms with E-state index in [1.54, 1.807) is 7.11 Å². The van der Waals surface area contributed by atoms with Crippen LogP contribution in [0, 0.1) is 0 Å². The van der Waals surface area contributed by atoms with Gasteiger partial charge >= 0.3 is 0 Å². The molecule has 0 atom stereocenters. The lowest BCUT2D eigenvalue weighted by atomic mass is 10.3. The van der Waals surface area contributed by atoms with Crippen LogP contribution in [0.25, 0.3) is 0 Å². The lowest BCUT2D eigenvalue weighted by Crippen LogP contribution is -1.93. The summed E-state index contributed by atoms with van der Waals surface area (Å²) >= 11 is 4.08. The molecule has 0 amide bonds. The Kier molecular flexibility index (Phi) is 6.15. The summed E-state index contributed by atoms with van der Waals surface area (Å²) in [7, 11) is 1.59. The van der Waals surface area contributed by atoms with Gasteiger partial charge in [-0.25, -0.2) is 0 Å². The molecule has 0 aliphatic carbocycles. The average molecular weight is 233 g/mol.